The highest BCUT2D eigenvalue weighted by Crippen LogP contribution is 2.18. The third-order valence-corrected chi connectivity index (χ3v) is 2.81. The molecule has 0 bridgehead atoms. The molecule has 1 aromatic rings. The van der Waals surface area contributed by atoms with E-state index in [1.807, 2.05) is 6.92 Å². The van der Waals surface area contributed by atoms with Crippen molar-refractivity contribution in [1.29, 1.82) is 0 Å². The molecule has 1 aromatic carbocycles. The van der Waals surface area contributed by atoms with Crippen LogP contribution in [0.4, 0.5) is 14.9 Å². The summed E-state index contributed by atoms with van der Waals surface area (Å²) in [5.74, 6) is -1.65. The van der Waals surface area contributed by atoms with Gasteiger partial charge in [0.15, 0.2) is 0 Å². The Morgan fingerprint density at radius 1 is 1.45 bits per heavy atom. The third kappa shape index (κ3) is 5.44. The molecule has 0 radical (unpaired) electrons. The van der Waals surface area contributed by atoms with Crippen molar-refractivity contribution in [3.05, 3.63) is 29.0 Å². The fourth-order valence-corrected chi connectivity index (χ4v) is 1.88. The van der Waals surface area contributed by atoms with Gasteiger partial charge in [0.05, 0.1) is 12.1 Å². The smallest absolute Gasteiger partial charge is 0.319 e. The summed E-state index contributed by atoms with van der Waals surface area (Å²) in [6.07, 6.45) is 1.08. The highest BCUT2D eigenvalue weighted by Gasteiger charge is 2.16. The van der Waals surface area contributed by atoms with E-state index in [1.54, 1.807) is 0 Å². The first-order valence-electron chi connectivity index (χ1n) is 6.16. The molecule has 0 aliphatic carbocycles. The second kappa shape index (κ2) is 7.69. The Bertz CT molecular complexity index is 497. The number of urea groups is 1. The van der Waals surface area contributed by atoms with Crippen LogP contribution < -0.4 is 10.6 Å². The van der Waals surface area contributed by atoms with Crippen molar-refractivity contribution in [2.24, 2.45) is 0 Å². The monoisotopic (exact) mass is 302 g/mol. The van der Waals surface area contributed by atoms with Crippen molar-refractivity contribution < 1.29 is 19.1 Å². The van der Waals surface area contributed by atoms with E-state index in [1.165, 1.54) is 12.1 Å². The molecule has 7 heteroatoms. The average molecular weight is 303 g/mol. The zero-order chi connectivity index (χ0) is 15.1. The summed E-state index contributed by atoms with van der Waals surface area (Å²) in [6.45, 7) is 1.88. The number of hydrogen-bond acceptors (Lipinski definition) is 2. The van der Waals surface area contributed by atoms with Crippen LogP contribution in [-0.4, -0.2) is 23.1 Å². The number of anilines is 1. The molecular weight excluding hydrogens is 287 g/mol. The Kier molecular flexibility index (Phi) is 6.24. The predicted octanol–water partition coefficient (Wildman–Crippen LogP) is 3.24. The van der Waals surface area contributed by atoms with Crippen LogP contribution in [-0.2, 0) is 4.79 Å². The number of nitrogens with one attached hydrogen (secondary N) is 2. The molecule has 0 heterocycles. The van der Waals surface area contributed by atoms with E-state index < -0.39 is 23.9 Å². The van der Waals surface area contributed by atoms with Gasteiger partial charge in [-0.1, -0.05) is 24.9 Å². The molecule has 1 atom stereocenters. The van der Waals surface area contributed by atoms with Crippen LogP contribution in [0.2, 0.25) is 5.02 Å². The molecule has 1 rings (SSSR count). The Morgan fingerprint density at radius 3 is 2.70 bits per heavy atom. The fourth-order valence-electron chi connectivity index (χ4n) is 1.72. The quantitative estimate of drug-likeness (QED) is 0.755. The summed E-state index contributed by atoms with van der Waals surface area (Å²) in [4.78, 5) is 22.4. The number of carbonyl (C=O) groups excluding carboxylic acids is 1. The second-order valence-electron chi connectivity index (χ2n) is 4.31. The Balaban J connectivity index is 2.62. The van der Waals surface area contributed by atoms with Gasteiger partial charge in [-0.05, 0) is 24.6 Å². The molecule has 0 spiro atoms. The summed E-state index contributed by atoms with van der Waals surface area (Å²) in [5.41, 5.74) is -0.0162. The van der Waals surface area contributed by atoms with Crippen molar-refractivity contribution in [1.82, 2.24) is 5.32 Å². The first-order valence-corrected chi connectivity index (χ1v) is 6.54. The molecule has 2 amide bonds. The summed E-state index contributed by atoms with van der Waals surface area (Å²) in [5, 5.41) is 13.8. The van der Waals surface area contributed by atoms with E-state index in [4.69, 9.17) is 16.7 Å². The number of halogens is 2. The van der Waals surface area contributed by atoms with Crippen molar-refractivity contribution >= 4 is 29.3 Å². The second-order valence-corrected chi connectivity index (χ2v) is 4.74. The number of hydrogen-bond donors (Lipinski definition) is 3. The van der Waals surface area contributed by atoms with E-state index >= 15 is 0 Å². The number of carbonyl (C=O) groups is 2. The van der Waals surface area contributed by atoms with Crippen molar-refractivity contribution in [2.75, 3.05) is 5.32 Å². The minimum atomic E-state index is -0.999. The van der Waals surface area contributed by atoms with Gasteiger partial charge in [-0.25, -0.2) is 9.18 Å². The standard InChI is InChI=1S/C13H16ClFN2O3/c1-2-3-9(7-12(18)19)16-13(20)17-11-5-4-8(14)6-10(11)15/h4-6,9H,2-3,7H2,1H3,(H,18,19)(H2,16,17,20). The number of carboxylic acids is 1. The number of carboxylic acid groups (broad SMARTS) is 1. The molecule has 20 heavy (non-hydrogen) atoms. The maximum Gasteiger partial charge on any atom is 0.319 e. The summed E-state index contributed by atoms with van der Waals surface area (Å²) < 4.78 is 13.5. The molecular formula is C13H16ClFN2O3. The first kappa shape index (κ1) is 16.2. The van der Waals surface area contributed by atoms with Gasteiger partial charge in [-0.3, -0.25) is 4.79 Å². The van der Waals surface area contributed by atoms with E-state index in [0.717, 1.165) is 12.5 Å². The van der Waals surface area contributed by atoms with Crippen LogP contribution >= 0.6 is 11.6 Å². The summed E-state index contributed by atoms with van der Waals surface area (Å²) >= 11 is 5.60. The first-order chi connectivity index (χ1) is 9.42. The number of amides is 2. The zero-order valence-corrected chi connectivity index (χ0v) is 11.7. The van der Waals surface area contributed by atoms with E-state index in [9.17, 15) is 14.0 Å². The van der Waals surface area contributed by atoms with Gasteiger partial charge >= 0.3 is 12.0 Å². The van der Waals surface area contributed by atoms with Crippen LogP contribution in [0.5, 0.6) is 0 Å². The van der Waals surface area contributed by atoms with E-state index in [2.05, 4.69) is 10.6 Å². The average Bonchev–Trinajstić information content (AvgIpc) is 2.32. The van der Waals surface area contributed by atoms with Crippen LogP contribution in [0.15, 0.2) is 18.2 Å². The molecule has 0 saturated carbocycles. The normalized spacial score (nSPS) is 11.8. The van der Waals surface area contributed by atoms with Crippen molar-refractivity contribution in [3.63, 3.8) is 0 Å². The van der Waals surface area contributed by atoms with Gasteiger partial charge in [-0.15, -0.1) is 0 Å². The number of aliphatic carboxylic acids is 1. The van der Waals surface area contributed by atoms with Gasteiger partial charge in [-0.2, -0.15) is 0 Å². The maximum absolute atomic E-state index is 13.5. The van der Waals surface area contributed by atoms with Gasteiger partial charge in [0.2, 0.25) is 0 Å². The SMILES string of the molecule is CCCC(CC(=O)O)NC(=O)Nc1ccc(Cl)cc1F. The number of benzene rings is 1. The van der Waals surface area contributed by atoms with Crippen LogP contribution in [0.3, 0.4) is 0 Å². The summed E-state index contributed by atoms with van der Waals surface area (Å²) in [6, 6.07) is 2.72. The lowest BCUT2D eigenvalue weighted by Gasteiger charge is -2.16. The van der Waals surface area contributed by atoms with Gasteiger partial charge in [0.25, 0.3) is 0 Å². The molecule has 5 nitrogen and oxygen atoms in total. The van der Waals surface area contributed by atoms with Crippen LogP contribution in [0, 0.1) is 5.82 Å². The van der Waals surface area contributed by atoms with Crippen LogP contribution in [0.1, 0.15) is 26.2 Å². The number of rotatable bonds is 6. The van der Waals surface area contributed by atoms with Crippen LogP contribution in [0.25, 0.3) is 0 Å². The summed E-state index contributed by atoms with van der Waals surface area (Å²) in [7, 11) is 0. The van der Waals surface area contributed by atoms with E-state index in [0.29, 0.717) is 6.42 Å². The molecule has 0 aromatic heterocycles. The van der Waals surface area contributed by atoms with Gasteiger partial charge in [0.1, 0.15) is 5.82 Å². The molecule has 110 valence electrons. The zero-order valence-electron chi connectivity index (χ0n) is 11.0. The Morgan fingerprint density at radius 2 is 2.15 bits per heavy atom. The lowest BCUT2D eigenvalue weighted by Crippen LogP contribution is -2.39. The predicted molar refractivity (Wildman–Crippen MR) is 74.5 cm³/mol. The van der Waals surface area contributed by atoms with Gasteiger partial charge < -0.3 is 15.7 Å². The highest BCUT2D eigenvalue weighted by molar-refractivity contribution is 6.30. The van der Waals surface area contributed by atoms with Gasteiger partial charge in [0, 0.05) is 11.1 Å². The topological polar surface area (TPSA) is 78.4 Å². The van der Waals surface area contributed by atoms with Crippen molar-refractivity contribution in [2.45, 2.75) is 32.2 Å². The molecule has 0 aliphatic rings. The molecule has 3 N–H and O–H groups in total. The molecule has 0 saturated heterocycles. The Labute approximate surface area is 121 Å². The van der Waals surface area contributed by atoms with E-state index in [-0.39, 0.29) is 17.1 Å². The maximum atomic E-state index is 13.5. The Hall–Kier alpha value is -1.82. The minimum Gasteiger partial charge on any atom is -0.481 e. The molecule has 1 unspecified atom stereocenters. The lowest BCUT2D eigenvalue weighted by atomic mass is 10.1. The minimum absolute atomic E-state index is 0.0162. The molecule has 0 fully saturated rings. The fraction of sp³-hybridized carbons (Fsp3) is 0.385. The third-order valence-electron chi connectivity index (χ3n) is 2.57. The molecule has 0 aliphatic heterocycles. The largest absolute Gasteiger partial charge is 0.481 e. The highest BCUT2D eigenvalue weighted by atomic mass is 35.5. The lowest BCUT2D eigenvalue weighted by molar-refractivity contribution is -0.137. The van der Waals surface area contributed by atoms with Crippen molar-refractivity contribution in [3.8, 4) is 0 Å².